The molecule has 1 aromatic carbocycles. The number of rotatable bonds is 1. The van der Waals surface area contributed by atoms with Gasteiger partial charge in [-0.2, -0.15) is 0 Å². The lowest BCUT2D eigenvalue weighted by Crippen LogP contribution is -1.88. The van der Waals surface area contributed by atoms with E-state index in [1.54, 1.807) is 17.8 Å². The molecule has 66 valence electrons. The Bertz CT molecular complexity index is 455. The first-order valence-electron chi connectivity index (χ1n) is 3.91. The van der Waals surface area contributed by atoms with Crippen molar-refractivity contribution in [2.24, 2.45) is 0 Å². The quantitative estimate of drug-likeness (QED) is 0.697. The van der Waals surface area contributed by atoms with Gasteiger partial charge in [-0.3, -0.25) is 0 Å². The number of hydrogen-bond donors (Lipinski definition) is 0. The fraction of sp³-hybridized carbons (Fsp3) is 0.111. The van der Waals surface area contributed by atoms with Crippen molar-refractivity contribution in [1.29, 1.82) is 0 Å². The fourth-order valence-corrected chi connectivity index (χ4v) is 1.24. The van der Waals surface area contributed by atoms with Gasteiger partial charge in [0.2, 0.25) is 0 Å². The van der Waals surface area contributed by atoms with E-state index in [-0.39, 0.29) is 0 Å². The molecule has 0 aliphatic carbocycles. The van der Waals surface area contributed by atoms with Gasteiger partial charge < -0.3 is 0 Å². The maximum atomic E-state index is 5.74. The van der Waals surface area contributed by atoms with Crippen LogP contribution in [0.3, 0.4) is 0 Å². The highest BCUT2D eigenvalue weighted by molar-refractivity contribution is 6.30. The lowest BCUT2D eigenvalue weighted by atomic mass is 10.3. The molecule has 0 saturated heterocycles. The Hall–Kier alpha value is -1.35. The third-order valence-electron chi connectivity index (χ3n) is 1.68. The topological polar surface area (TPSA) is 30.7 Å². The molecule has 0 N–H and O–H groups in total. The second kappa shape index (κ2) is 3.18. The monoisotopic (exact) mass is 193 g/mol. The predicted octanol–water partition coefficient (Wildman–Crippen LogP) is 2.49. The Labute approximate surface area is 80.6 Å². The second-order valence-corrected chi connectivity index (χ2v) is 3.33. The lowest BCUT2D eigenvalue weighted by molar-refractivity contribution is 0.859. The van der Waals surface area contributed by atoms with Crippen molar-refractivity contribution in [2.75, 3.05) is 0 Å². The Morgan fingerprint density at radius 2 is 2.23 bits per heavy atom. The summed E-state index contributed by atoms with van der Waals surface area (Å²) >= 11 is 5.74. The number of allylic oxidation sites excluding steroid dienone is 1. The summed E-state index contributed by atoms with van der Waals surface area (Å²) in [7, 11) is 0. The first-order valence-corrected chi connectivity index (χ1v) is 4.29. The molecule has 2 aromatic rings. The summed E-state index contributed by atoms with van der Waals surface area (Å²) in [6.45, 7) is 1.80. The van der Waals surface area contributed by atoms with E-state index in [1.807, 2.05) is 24.3 Å². The maximum absolute atomic E-state index is 5.74. The molecule has 1 aromatic heterocycles. The minimum Gasteiger partial charge on any atom is -0.219 e. The average Bonchev–Trinajstić information content (AvgIpc) is 2.48. The van der Waals surface area contributed by atoms with Crippen molar-refractivity contribution >= 4 is 28.8 Å². The summed E-state index contributed by atoms with van der Waals surface area (Å²) in [5.74, 6) is 0. The number of nitrogens with zero attached hydrogens (tertiary/aromatic N) is 3. The number of halogens is 1. The van der Waals surface area contributed by atoms with Gasteiger partial charge in [0.25, 0.3) is 0 Å². The molecule has 3 nitrogen and oxygen atoms in total. The summed E-state index contributed by atoms with van der Waals surface area (Å²) < 4.78 is 1.66. The van der Waals surface area contributed by atoms with Crippen molar-refractivity contribution in [3.8, 4) is 0 Å². The largest absolute Gasteiger partial charge is 0.219 e. The number of para-hydroxylation sites is 1. The normalized spacial score (nSPS) is 12.3. The van der Waals surface area contributed by atoms with Crippen molar-refractivity contribution < 1.29 is 0 Å². The summed E-state index contributed by atoms with van der Waals surface area (Å²) in [6, 6.07) is 7.74. The summed E-state index contributed by atoms with van der Waals surface area (Å²) in [5.41, 5.74) is 1.83. The third-order valence-corrected chi connectivity index (χ3v) is 1.78. The Morgan fingerprint density at radius 3 is 3.00 bits per heavy atom. The first-order chi connectivity index (χ1) is 6.27. The van der Waals surface area contributed by atoms with E-state index in [4.69, 9.17) is 11.6 Å². The van der Waals surface area contributed by atoms with Crippen LogP contribution in [0.25, 0.3) is 17.2 Å². The predicted molar refractivity (Wildman–Crippen MR) is 53.3 cm³/mol. The summed E-state index contributed by atoms with van der Waals surface area (Å²) in [4.78, 5) is 0. The van der Waals surface area contributed by atoms with E-state index >= 15 is 0 Å². The van der Waals surface area contributed by atoms with E-state index in [9.17, 15) is 0 Å². The molecule has 0 amide bonds. The van der Waals surface area contributed by atoms with Crippen LogP contribution in [0.5, 0.6) is 0 Å². The Kier molecular flexibility index (Phi) is 2.02. The molecule has 0 saturated carbocycles. The van der Waals surface area contributed by atoms with Gasteiger partial charge in [0, 0.05) is 11.2 Å². The van der Waals surface area contributed by atoms with E-state index in [0.29, 0.717) is 5.03 Å². The maximum Gasteiger partial charge on any atom is 0.113 e. The average molecular weight is 194 g/mol. The van der Waals surface area contributed by atoms with Gasteiger partial charge in [0.15, 0.2) is 0 Å². The van der Waals surface area contributed by atoms with Gasteiger partial charge in [-0.25, -0.2) is 4.68 Å². The van der Waals surface area contributed by atoms with Crippen LogP contribution in [0.2, 0.25) is 0 Å². The van der Waals surface area contributed by atoms with Crippen LogP contribution < -0.4 is 0 Å². The zero-order valence-electron chi connectivity index (χ0n) is 7.11. The van der Waals surface area contributed by atoms with E-state index in [1.165, 1.54) is 0 Å². The van der Waals surface area contributed by atoms with Gasteiger partial charge in [-0.1, -0.05) is 28.9 Å². The minimum atomic E-state index is 0.677. The van der Waals surface area contributed by atoms with Crippen LogP contribution in [-0.2, 0) is 0 Å². The van der Waals surface area contributed by atoms with Crippen LogP contribution in [0.15, 0.2) is 29.3 Å². The number of fused-ring (bicyclic) bond motifs is 1. The van der Waals surface area contributed by atoms with Crippen LogP contribution in [0.4, 0.5) is 0 Å². The van der Waals surface area contributed by atoms with Gasteiger partial charge in [-0.05, 0) is 19.1 Å². The highest BCUT2D eigenvalue weighted by Gasteiger charge is 1.99. The van der Waals surface area contributed by atoms with E-state index in [2.05, 4.69) is 10.3 Å². The first kappa shape index (κ1) is 8.26. The molecule has 4 heteroatoms. The SMILES string of the molecule is C/C(Cl)=C\n1nnc2ccccc21. The van der Waals surface area contributed by atoms with Crippen molar-refractivity contribution in [3.05, 3.63) is 29.3 Å². The highest BCUT2D eigenvalue weighted by atomic mass is 35.5. The molecule has 1 heterocycles. The van der Waals surface area contributed by atoms with Crippen molar-refractivity contribution in [2.45, 2.75) is 6.92 Å². The Morgan fingerprint density at radius 1 is 1.46 bits per heavy atom. The molecule has 2 rings (SSSR count). The standard InChI is InChI=1S/C9H8ClN3/c1-7(10)6-13-9-5-3-2-4-8(9)11-12-13/h2-6H,1H3/b7-6+. The molecule has 0 spiro atoms. The van der Waals surface area contributed by atoms with Gasteiger partial charge >= 0.3 is 0 Å². The molecule has 0 radical (unpaired) electrons. The molecule has 0 atom stereocenters. The zero-order valence-corrected chi connectivity index (χ0v) is 7.86. The minimum absolute atomic E-state index is 0.677. The van der Waals surface area contributed by atoms with Gasteiger partial charge in [-0.15, -0.1) is 5.10 Å². The smallest absolute Gasteiger partial charge is 0.113 e. The molecule has 0 aliphatic heterocycles. The van der Waals surface area contributed by atoms with Gasteiger partial charge in [0.1, 0.15) is 5.52 Å². The second-order valence-electron chi connectivity index (χ2n) is 2.74. The molecule has 0 aliphatic rings. The highest BCUT2D eigenvalue weighted by Crippen LogP contribution is 2.11. The number of aromatic nitrogens is 3. The summed E-state index contributed by atoms with van der Waals surface area (Å²) in [5, 5.41) is 8.60. The number of hydrogen-bond acceptors (Lipinski definition) is 2. The van der Waals surface area contributed by atoms with Crippen LogP contribution >= 0.6 is 11.6 Å². The van der Waals surface area contributed by atoms with Gasteiger partial charge in [0.05, 0.1) is 5.52 Å². The van der Waals surface area contributed by atoms with Crippen LogP contribution in [0, 0.1) is 0 Å². The van der Waals surface area contributed by atoms with Crippen molar-refractivity contribution in [3.63, 3.8) is 0 Å². The molecule has 0 bridgehead atoms. The van der Waals surface area contributed by atoms with E-state index in [0.717, 1.165) is 11.0 Å². The van der Waals surface area contributed by atoms with E-state index < -0.39 is 0 Å². The molecule has 13 heavy (non-hydrogen) atoms. The third kappa shape index (κ3) is 1.55. The zero-order chi connectivity index (χ0) is 9.26. The lowest BCUT2D eigenvalue weighted by Gasteiger charge is -1.92. The van der Waals surface area contributed by atoms with Crippen LogP contribution in [0.1, 0.15) is 6.92 Å². The Balaban J connectivity index is 2.65. The summed E-state index contributed by atoms with van der Waals surface area (Å²) in [6.07, 6.45) is 1.73. The molecular weight excluding hydrogens is 186 g/mol. The molecule has 0 fully saturated rings. The molecule has 0 unspecified atom stereocenters. The van der Waals surface area contributed by atoms with Crippen molar-refractivity contribution in [1.82, 2.24) is 15.0 Å². The fourth-order valence-electron chi connectivity index (χ4n) is 1.15. The van der Waals surface area contributed by atoms with Crippen LogP contribution in [-0.4, -0.2) is 15.0 Å². The molecular formula is C9H8ClN3. The number of benzene rings is 1.